The summed E-state index contributed by atoms with van der Waals surface area (Å²) in [7, 11) is 1.80. The standard InChI is InChI=1S/C25H36O3/c1-24(2)21(19-26-4)13-15-25(24,3)16-14-23-22(12-8-9-17-27-23)28-18-20-10-6-5-7-11-20/h5-7,10-11,21-23H,8-9,12-13,15,17-19H2,1-4H3/t21-,22-,23+,25-/m1/s1. The predicted molar refractivity (Wildman–Crippen MR) is 113 cm³/mol. The predicted octanol–water partition coefficient (Wildman–Crippen LogP) is 5.23. The van der Waals surface area contributed by atoms with Crippen LogP contribution in [0.1, 0.15) is 58.4 Å². The van der Waals surface area contributed by atoms with Crippen LogP contribution in [0.15, 0.2) is 30.3 Å². The molecule has 1 aromatic carbocycles. The normalized spacial score (nSPS) is 32.4. The summed E-state index contributed by atoms with van der Waals surface area (Å²) in [6.45, 7) is 9.20. The first-order valence-electron chi connectivity index (χ1n) is 10.7. The Hall–Kier alpha value is -1.34. The minimum Gasteiger partial charge on any atom is -0.384 e. The summed E-state index contributed by atoms with van der Waals surface area (Å²) in [6, 6.07) is 10.4. The molecule has 0 spiro atoms. The molecule has 3 heteroatoms. The molecular formula is C25H36O3. The van der Waals surface area contributed by atoms with Crippen molar-refractivity contribution in [1.82, 2.24) is 0 Å². The highest BCUT2D eigenvalue weighted by atomic mass is 16.5. The van der Waals surface area contributed by atoms with Gasteiger partial charge in [-0.25, -0.2) is 0 Å². The largest absolute Gasteiger partial charge is 0.384 e. The second-order valence-corrected chi connectivity index (χ2v) is 9.14. The Kier molecular flexibility index (Phi) is 7.20. The van der Waals surface area contributed by atoms with Crippen LogP contribution in [0.5, 0.6) is 0 Å². The molecule has 1 aromatic rings. The Morgan fingerprint density at radius 2 is 1.89 bits per heavy atom. The van der Waals surface area contributed by atoms with Crippen molar-refractivity contribution in [3.05, 3.63) is 35.9 Å². The number of hydrogen-bond acceptors (Lipinski definition) is 3. The van der Waals surface area contributed by atoms with E-state index in [2.05, 4.69) is 56.9 Å². The summed E-state index contributed by atoms with van der Waals surface area (Å²) in [5.41, 5.74) is 1.31. The van der Waals surface area contributed by atoms with Crippen LogP contribution in [0.25, 0.3) is 0 Å². The summed E-state index contributed by atoms with van der Waals surface area (Å²) in [4.78, 5) is 0. The molecule has 0 amide bonds. The zero-order chi connectivity index (χ0) is 20.0. The van der Waals surface area contributed by atoms with E-state index < -0.39 is 0 Å². The van der Waals surface area contributed by atoms with E-state index in [1.807, 2.05) is 6.07 Å². The lowest BCUT2D eigenvalue weighted by molar-refractivity contribution is -0.0458. The maximum Gasteiger partial charge on any atom is 0.144 e. The van der Waals surface area contributed by atoms with Gasteiger partial charge >= 0.3 is 0 Å². The summed E-state index contributed by atoms with van der Waals surface area (Å²) >= 11 is 0. The third-order valence-electron chi connectivity index (χ3n) is 7.12. The molecular weight excluding hydrogens is 348 g/mol. The third kappa shape index (κ3) is 4.79. The molecule has 0 bridgehead atoms. The van der Waals surface area contributed by atoms with Gasteiger partial charge in [-0.2, -0.15) is 0 Å². The van der Waals surface area contributed by atoms with Crippen molar-refractivity contribution < 1.29 is 14.2 Å². The van der Waals surface area contributed by atoms with Crippen LogP contribution >= 0.6 is 0 Å². The van der Waals surface area contributed by atoms with E-state index >= 15 is 0 Å². The second-order valence-electron chi connectivity index (χ2n) is 9.14. The Morgan fingerprint density at radius 3 is 2.64 bits per heavy atom. The van der Waals surface area contributed by atoms with Crippen molar-refractivity contribution >= 4 is 0 Å². The molecule has 2 fully saturated rings. The van der Waals surface area contributed by atoms with Crippen LogP contribution < -0.4 is 0 Å². The number of methoxy groups -OCH3 is 1. The maximum atomic E-state index is 6.27. The molecule has 28 heavy (non-hydrogen) atoms. The van der Waals surface area contributed by atoms with Crippen molar-refractivity contribution in [2.24, 2.45) is 16.7 Å². The monoisotopic (exact) mass is 384 g/mol. The Bertz CT molecular complexity index is 672. The first-order valence-corrected chi connectivity index (χ1v) is 10.7. The van der Waals surface area contributed by atoms with E-state index in [0.717, 1.165) is 38.9 Å². The number of hydrogen-bond donors (Lipinski definition) is 0. The van der Waals surface area contributed by atoms with E-state index in [9.17, 15) is 0 Å². The molecule has 1 saturated carbocycles. The lowest BCUT2D eigenvalue weighted by Crippen LogP contribution is -2.35. The van der Waals surface area contributed by atoms with Gasteiger partial charge in [-0.15, -0.1) is 0 Å². The van der Waals surface area contributed by atoms with Gasteiger partial charge in [0.25, 0.3) is 0 Å². The lowest BCUT2D eigenvalue weighted by Gasteiger charge is -2.38. The number of rotatable bonds is 5. The van der Waals surface area contributed by atoms with Gasteiger partial charge in [0.15, 0.2) is 0 Å². The summed E-state index contributed by atoms with van der Waals surface area (Å²) < 4.78 is 17.9. The van der Waals surface area contributed by atoms with Gasteiger partial charge in [0.2, 0.25) is 0 Å². The molecule has 0 N–H and O–H groups in total. The topological polar surface area (TPSA) is 27.7 Å². The minimum absolute atomic E-state index is 0.0180. The van der Waals surface area contributed by atoms with Gasteiger partial charge < -0.3 is 14.2 Å². The minimum atomic E-state index is -0.139. The van der Waals surface area contributed by atoms with E-state index in [1.54, 1.807) is 7.11 Å². The average Bonchev–Trinajstić information content (AvgIpc) is 2.85. The van der Waals surface area contributed by atoms with Gasteiger partial charge in [-0.3, -0.25) is 0 Å². The fourth-order valence-corrected chi connectivity index (χ4v) is 4.54. The van der Waals surface area contributed by atoms with Crippen LogP contribution in [-0.4, -0.2) is 32.5 Å². The summed E-state index contributed by atoms with van der Waals surface area (Å²) in [5, 5.41) is 0. The van der Waals surface area contributed by atoms with Crippen LogP contribution in [0, 0.1) is 28.6 Å². The van der Waals surface area contributed by atoms with Crippen molar-refractivity contribution in [3.63, 3.8) is 0 Å². The fraction of sp³-hybridized carbons (Fsp3) is 0.680. The van der Waals surface area contributed by atoms with Crippen molar-refractivity contribution in [3.8, 4) is 11.8 Å². The molecule has 1 heterocycles. The van der Waals surface area contributed by atoms with Gasteiger partial charge in [0.1, 0.15) is 6.10 Å². The quantitative estimate of drug-likeness (QED) is 0.650. The molecule has 3 rings (SSSR count). The molecule has 2 aliphatic rings. The van der Waals surface area contributed by atoms with Crippen molar-refractivity contribution in [2.45, 2.75) is 71.7 Å². The molecule has 1 aliphatic heterocycles. The van der Waals surface area contributed by atoms with E-state index in [-0.39, 0.29) is 23.0 Å². The van der Waals surface area contributed by atoms with Gasteiger partial charge in [0, 0.05) is 25.7 Å². The SMILES string of the molecule is COC[C@H]1CC[C@](C)(C#C[C@@H]2OCCCC[C@H]2OCc2ccccc2)C1(C)C. The second kappa shape index (κ2) is 9.44. The first kappa shape index (κ1) is 21.4. The lowest BCUT2D eigenvalue weighted by atomic mass is 9.66. The van der Waals surface area contributed by atoms with Crippen LogP contribution in [0.3, 0.4) is 0 Å². The maximum absolute atomic E-state index is 6.27. The molecule has 3 nitrogen and oxygen atoms in total. The zero-order valence-corrected chi connectivity index (χ0v) is 18.0. The number of benzene rings is 1. The van der Waals surface area contributed by atoms with Crippen LogP contribution in [0.4, 0.5) is 0 Å². The van der Waals surface area contributed by atoms with Crippen LogP contribution in [-0.2, 0) is 20.8 Å². The van der Waals surface area contributed by atoms with Crippen molar-refractivity contribution in [2.75, 3.05) is 20.3 Å². The summed E-state index contributed by atoms with van der Waals surface area (Å²) in [5.74, 6) is 7.72. The molecule has 4 atom stereocenters. The Morgan fingerprint density at radius 1 is 1.11 bits per heavy atom. The van der Waals surface area contributed by atoms with Crippen LogP contribution in [0.2, 0.25) is 0 Å². The van der Waals surface area contributed by atoms with E-state index in [4.69, 9.17) is 14.2 Å². The third-order valence-corrected chi connectivity index (χ3v) is 7.12. The molecule has 0 aromatic heterocycles. The van der Waals surface area contributed by atoms with E-state index in [0.29, 0.717) is 12.5 Å². The fourth-order valence-electron chi connectivity index (χ4n) is 4.54. The zero-order valence-electron chi connectivity index (χ0n) is 18.0. The highest BCUT2D eigenvalue weighted by Gasteiger charge is 2.50. The Labute approximate surface area is 171 Å². The van der Waals surface area contributed by atoms with Gasteiger partial charge in [-0.05, 0) is 55.9 Å². The highest BCUT2D eigenvalue weighted by molar-refractivity contribution is 5.22. The smallest absolute Gasteiger partial charge is 0.144 e. The first-order chi connectivity index (χ1) is 13.5. The molecule has 0 unspecified atom stereocenters. The molecule has 154 valence electrons. The average molecular weight is 385 g/mol. The van der Waals surface area contributed by atoms with E-state index in [1.165, 1.54) is 12.0 Å². The molecule has 1 saturated heterocycles. The number of ether oxygens (including phenoxy) is 3. The van der Waals surface area contributed by atoms with Crippen molar-refractivity contribution in [1.29, 1.82) is 0 Å². The van der Waals surface area contributed by atoms with Gasteiger partial charge in [-0.1, -0.05) is 56.0 Å². The van der Waals surface area contributed by atoms with Gasteiger partial charge in [0.05, 0.1) is 12.7 Å². The summed E-state index contributed by atoms with van der Waals surface area (Å²) in [6.07, 6.45) is 5.42. The molecule has 1 aliphatic carbocycles. The highest BCUT2D eigenvalue weighted by Crippen LogP contribution is 2.55. The molecule has 0 radical (unpaired) electrons. The Balaban J connectivity index is 1.71.